The van der Waals surface area contributed by atoms with Crippen molar-refractivity contribution < 1.29 is 4.74 Å². The maximum absolute atomic E-state index is 5.86. The first-order chi connectivity index (χ1) is 16.6. The van der Waals surface area contributed by atoms with E-state index in [0.29, 0.717) is 11.7 Å². The summed E-state index contributed by atoms with van der Waals surface area (Å²) in [6.45, 7) is 4.73. The monoisotopic (exact) mass is 469 g/mol. The van der Waals surface area contributed by atoms with Gasteiger partial charge in [0.2, 0.25) is 0 Å². The number of nitrogens with zero attached hydrogens (tertiary/aromatic N) is 4. The van der Waals surface area contributed by atoms with Gasteiger partial charge in [-0.05, 0) is 86.7 Å². The summed E-state index contributed by atoms with van der Waals surface area (Å²) in [4.78, 5) is 11.4. The normalized spacial score (nSPS) is 17.7. The molecule has 1 aliphatic rings. The van der Waals surface area contributed by atoms with Crippen molar-refractivity contribution in [2.24, 2.45) is 0 Å². The van der Waals surface area contributed by atoms with Crippen molar-refractivity contribution in [3.05, 3.63) is 108 Å². The first-order valence-electron chi connectivity index (χ1n) is 11.4. The molecule has 172 valence electrons. The Morgan fingerprint density at radius 1 is 0.941 bits per heavy atom. The molecule has 1 aliphatic heterocycles. The number of aromatic nitrogens is 3. The molecule has 3 aromatic heterocycles. The Labute approximate surface area is 205 Å². The van der Waals surface area contributed by atoms with Crippen molar-refractivity contribution in [2.75, 3.05) is 4.90 Å². The summed E-state index contributed by atoms with van der Waals surface area (Å²) in [6, 6.07) is 24.1. The lowest BCUT2D eigenvalue weighted by molar-refractivity contribution is 0.242. The zero-order valence-electron chi connectivity index (χ0n) is 19.2. The van der Waals surface area contributed by atoms with E-state index in [2.05, 4.69) is 55.2 Å². The van der Waals surface area contributed by atoms with Gasteiger partial charge in [-0.1, -0.05) is 12.1 Å². The number of anilines is 1. The van der Waals surface area contributed by atoms with Crippen LogP contribution in [0.5, 0.6) is 5.75 Å². The molecule has 0 spiro atoms. The van der Waals surface area contributed by atoms with Gasteiger partial charge in [0.1, 0.15) is 11.8 Å². The van der Waals surface area contributed by atoms with Crippen LogP contribution in [0.25, 0.3) is 0 Å². The molecule has 4 aromatic rings. The second-order valence-corrected chi connectivity index (χ2v) is 8.93. The molecule has 0 saturated carbocycles. The van der Waals surface area contributed by atoms with Crippen molar-refractivity contribution in [1.29, 1.82) is 0 Å². The number of hydrogen-bond acceptors (Lipinski definition) is 4. The number of rotatable bonds is 7. The smallest absolute Gasteiger partial charge is 0.174 e. The summed E-state index contributed by atoms with van der Waals surface area (Å²) in [7, 11) is 0. The van der Waals surface area contributed by atoms with Gasteiger partial charge >= 0.3 is 0 Å². The van der Waals surface area contributed by atoms with E-state index in [1.807, 2.05) is 74.8 Å². The fourth-order valence-electron chi connectivity index (χ4n) is 4.40. The molecule has 0 amide bonds. The van der Waals surface area contributed by atoms with Gasteiger partial charge in [-0.15, -0.1) is 0 Å². The molecule has 2 atom stereocenters. The summed E-state index contributed by atoms with van der Waals surface area (Å²) in [5, 5.41) is 4.20. The average Bonchev–Trinajstić information content (AvgIpc) is 3.44. The van der Waals surface area contributed by atoms with E-state index >= 15 is 0 Å². The van der Waals surface area contributed by atoms with Gasteiger partial charge in [-0.2, -0.15) is 0 Å². The van der Waals surface area contributed by atoms with Crippen LogP contribution >= 0.6 is 12.2 Å². The van der Waals surface area contributed by atoms with Crippen LogP contribution in [0, 0.1) is 0 Å². The van der Waals surface area contributed by atoms with Gasteiger partial charge in [-0.3, -0.25) is 9.97 Å². The molecule has 7 heteroatoms. The third-order valence-corrected chi connectivity index (χ3v) is 6.13. The van der Waals surface area contributed by atoms with Crippen LogP contribution in [0.4, 0.5) is 5.69 Å². The second-order valence-electron chi connectivity index (χ2n) is 8.54. The SMILES string of the molecule is CC(C)Oc1ccc(N2C(=S)N[C@H](c3ccccn3)[C@@H]2c2cccn2Cc2ccccn2)cc1. The zero-order chi connectivity index (χ0) is 23.5. The van der Waals surface area contributed by atoms with Gasteiger partial charge in [0.05, 0.1) is 30.1 Å². The van der Waals surface area contributed by atoms with Gasteiger partial charge in [0.25, 0.3) is 0 Å². The Morgan fingerprint density at radius 3 is 2.38 bits per heavy atom. The summed E-state index contributed by atoms with van der Waals surface area (Å²) in [5.74, 6) is 0.841. The molecule has 1 aromatic carbocycles. The van der Waals surface area contributed by atoms with Gasteiger partial charge in [0.15, 0.2) is 5.11 Å². The highest BCUT2D eigenvalue weighted by atomic mass is 32.1. The lowest BCUT2D eigenvalue weighted by atomic mass is 10.0. The Bertz CT molecular complexity index is 1240. The molecular formula is C27H27N5OS. The number of thiocarbonyl (C=S) groups is 1. The minimum absolute atomic E-state index is 0.0852. The summed E-state index contributed by atoms with van der Waals surface area (Å²) in [5.41, 5.74) is 4.09. The molecule has 4 heterocycles. The Kier molecular flexibility index (Phi) is 6.27. The van der Waals surface area contributed by atoms with Crippen molar-refractivity contribution in [3.63, 3.8) is 0 Å². The van der Waals surface area contributed by atoms with E-state index in [1.165, 1.54) is 0 Å². The zero-order valence-corrected chi connectivity index (χ0v) is 20.0. The fourth-order valence-corrected chi connectivity index (χ4v) is 4.74. The molecule has 6 nitrogen and oxygen atoms in total. The van der Waals surface area contributed by atoms with Crippen LogP contribution in [0.1, 0.15) is 43.0 Å². The van der Waals surface area contributed by atoms with Crippen LogP contribution in [0.2, 0.25) is 0 Å². The van der Waals surface area contributed by atoms with E-state index in [0.717, 1.165) is 28.5 Å². The predicted octanol–water partition coefficient (Wildman–Crippen LogP) is 5.29. The minimum Gasteiger partial charge on any atom is -0.491 e. The topological polar surface area (TPSA) is 55.2 Å². The highest BCUT2D eigenvalue weighted by molar-refractivity contribution is 7.80. The molecule has 0 unspecified atom stereocenters. The fraction of sp³-hybridized carbons (Fsp3) is 0.222. The largest absolute Gasteiger partial charge is 0.491 e. The summed E-state index contributed by atoms with van der Waals surface area (Å²) in [6.07, 6.45) is 5.87. The van der Waals surface area contributed by atoms with Crippen LogP contribution in [0.15, 0.2) is 91.4 Å². The van der Waals surface area contributed by atoms with Crippen LogP contribution in [0.3, 0.4) is 0 Å². The number of pyridine rings is 2. The Morgan fingerprint density at radius 2 is 1.71 bits per heavy atom. The maximum atomic E-state index is 5.86. The minimum atomic E-state index is -0.0994. The standard InChI is InChI=1S/C27H27N5OS/c1-19(2)33-22-13-11-21(12-14-22)32-26(25(30-27(32)34)23-9-4-6-16-29-23)24-10-7-17-31(24)18-20-8-3-5-15-28-20/h3-17,19,25-26H,18H2,1-2H3,(H,30,34)/t25-,26+/m1/s1. The third-order valence-electron chi connectivity index (χ3n) is 5.81. The molecule has 5 rings (SSSR count). The van der Waals surface area contributed by atoms with Crippen LogP contribution < -0.4 is 15.0 Å². The maximum Gasteiger partial charge on any atom is 0.174 e. The highest BCUT2D eigenvalue weighted by Crippen LogP contribution is 2.42. The molecule has 1 saturated heterocycles. The van der Waals surface area contributed by atoms with E-state index in [9.17, 15) is 0 Å². The molecule has 0 bridgehead atoms. The number of nitrogens with one attached hydrogen (secondary N) is 1. The number of ether oxygens (including phenoxy) is 1. The van der Waals surface area contributed by atoms with E-state index in [1.54, 1.807) is 0 Å². The molecule has 34 heavy (non-hydrogen) atoms. The van der Waals surface area contributed by atoms with Crippen molar-refractivity contribution in [1.82, 2.24) is 19.9 Å². The second kappa shape index (κ2) is 9.65. The lowest BCUT2D eigenvalue weighted by Gasteiger charge is -2.29. The average molecular weight is 470 g/mol. The molecule has 0 radical (unpaired) electrons. The van der Waals surface area contributed by atoms with Crippen LogP contribution in [-0.4, -0.2) is 25.8 Å². The van der Waals surface area contributed by atoms with Crippen molar-refractivity contribution >= 4 is 23.0 Å². The first-order valence-corrected chi connectivity index (χ1v) is 11.8. The number of hydrogen-bond donors (Lipinski definition) is 1. The molecular weight excluding hydrogens is 442 g/mol. The van der Waals surface area contributed by atoms with Gasteiger partial charge in [0, 0.05) is 30.0 Å². The molecule has 0 aliphatic carbocycles. The van der Waals surface area contributed by atoms with Crippen molar-refractivity contribution in [2.45, 2.75) is 38.6 Å². The third kappa shape index (κ3) is 4.52. The first kappa shape index (κ1) is 22.1. The van der Waals surface area contributed by atoms with E-state index in [4.69, 9.17) is 17.0 Å². The quantitative estimate of drug-likeness (QED) is 0.371. The van der Waals surface area contributed by atoms with E-state index in [-0.39, 0.29) is 18.2 Å². The van der Waals surface area contributed by atoms with Gasteiger partial charge in [-0.25, -0.2) is 0 Å². The Hall–Kier alpha value is -3.71. The molecule has 1 N–H and O–H groups in total. The van der Waals surface area contributed by atoms with Crippen LogP contribution in [-0.2, 0) is 6.54 Å². The highest BCUT2D eigenvalue weighted by Gasteiger charge is 2.42. The Balaban J connectivity index is 1.55. The summed E-state index contributed by atoms with van der Waals surface area (Å²) >= 11 is 5.86. The lowest BCUT2D eigenvalue weighted by Crippen LogP contribution is -2.30. The van der Waals surface area contributed by atoms with Gasteiger partial charge < -0.3 is 19.5 Å². The molecule has 1 fully saturated rings. The summed E-state index contributed by atoms with van der Waals surface area (Å²) < 4.78 is 8.08. The van der Waals surface area contributed by atoms with E-state index < -0.39 is 0 Å². The number of benzene rings is 1. The van der Waals surface area contributed by atoms with Crippen molar-refractivity contribution in [3.8, 4) is 5.75 Å². The predicted molar refractivity (Wildman–Crippen MR) is 138 cm³/mol.